The molecule has 1 aromatic rings. The number of oxazole rings is 1. The predicted molar refractivity (Wildman–Crippen MR) is 48.1 cm³/mol. The van der Waals surface area contributed by atoms with Gasteiger partial charge in [0.05, 0.1) is 6.61 Å². The third kappa shape index (κ3) is 1.70. The fourth-order valence-electron chi connectivity index (χ4n) is 1.45. The summed E-state index contributed by atoms with van der Waals surface area (Å²) in [5.74, 6) is -0.423. The fraction of sp³-hybridized carbons (Fsp3) is 0.444. The zero-order valence-corrected chi connectivity index (χ0v) is 8.15. The largest absolute Gasteiger partial charge is 0.464 e. The summed E-state index contributed by atoms with van der Waals surface area (Å²) in [4.78, 5) is 26.5. The molecule has 2 rings (SSSR count). The van der Waals surface area contributed by atoms with Crippen molar-refractivity contribution in [2.45, 2.75) is 19.4 Å². The zero-order chi connectivity index (χ0) is 10.8. The molecule has 2 heterocycles. The third-order valence-electron chi connectivity index (χ3n) is 2.12. The van der Waals surface area contributed by atoms with Crippen LogP contribution >= 0.6 is 0 Å². The molecule has 0 aromatic carbocycles. The minimum Gasteiger partial charge on any atom is -0.464 e. The van der Waals surface area contributed by atoms with Crippen molar-refractivity contribution in [3.8, 4) is 0 Å². The van der Waals surface area contributed by atoms with Gasteiger partial charge in [-0.3, -0.25) is 4.79 Å². The molecule has 1 amide bonds. The molecular formula is C9H10N2O4. The summed E-state index contributed by atoms with van der Waals surface area (Å²) in [5.41, 5.74) is 0.246. The molecule has 0 spiro atoms. The molecule has 6 heteroatoms. The number of ether oxygens (including phenoxy) is 1. The number of hydrogen-bond donors (Lipinski definition) is 1. The maximum absolute atomic E-state index is 11.4. The monoisotopic (exact) mass is 210 g/mol. The maximum Gasteiger partial charge on any atom is 0.329 e. The fourth-order valence-corrected chi connectivity index (χ4v) is 1.45. The van der Waals surface area contributed by atoms with Crippen molar-refractivity contribution in [2.75, 3.05) is 6.61 Å². The van der Waals surface area contributed by atoms with Gasteiger partial charge in [-0.05, 0) is 6.92 Å². The first kappa shape index (κ1) is 9.70. The molecule has 1 aliphatic rings. The number of amides is 1. The van der Waals surface area contributed by atoms with Gasteiger partial charge in [0, 0.05) is 6.42 Å². The Labute approximate surface area is 85.6 Å². The van der Waals surface area contributed by atoms with Crippen molar-refractivity contribution >= 4 is 11.9 Å². The zero-order valence-electron chi connectivity index (χ0n) is 8.15. The second-order valence-corrected chi connectivity index (χ2v) is 3.11. The van der Waals surface area contributed by atoms with Crippen LogP contribution in [0, 0.1) is 0 Å². The molecule has 15 heavy (non-hydrogen) atoms. The van der Waals surface area contributed by atoms with E-state index in [1.54, 1.807) is 6.92 Å². The van der Waals surface area contributed by atoms with Crippen LogP contribution in [0.2, 0.25) is 0 Å². The summed E-state index contributed by atoms with van der Waals surface area (Å²) in [7, 11) is 0. The Morgan fingerprint density at radius 1 is 1.80 bits per heavy atom. The van der Waals surface area contributed by atoms with Gasteiger partial charge in [-0.1, -0.05) is 0 Å². The number of carbonyl (C=O) groups is 2. The number of fused-ring (bicyclic) bond motifs is 1. The first-order valence-corrected chi connectivity index (χ1v) is 4.62. The highest BCUT2D eigenvalue weighted by Crippen LogP contribution is 2.15. The molecule has 1 aliphatic heterocycles. The van der Waals surface area contributed by atoms with Crippen LogP contribution in [-0.2, 0) is 16.0 Å². The molecule has 0 radical (unpaired) electrons. The number of aromatic nitrogens is 1. The summed E-state index contributed by atoms with van der Waals surface area (Å²) < 4.78 is 9.81. The Morgan fingerprint density at radius 3 is 3.33 bits per heavy atom. The number of nitrogens with zero attached hydrogens (tertiary/aromatic N) is 1. The lowest BCUT2D eigenvalue weighted by atomic mass is 10.1. The molecule has 1 unspecified atom stereocenters. The topological polar surface area (TPSA) is 81.4 Å². The van der Waals surface area contributed by atoms with Crippen LogP contribution < -0.4 is 5.32 Å². The van der Waals surface area contributed by atoms with Gasteiger partial charge >= 0.3 is 5.97 Å². The normalized spacial score (nSPS) is 19.3. The van der Waals surface area contributed by atoms with Gasteiger partial charge in [0.15, 0.2) is 12.1 Å². The van der Waals surface area contributed by atoms with E-state index >= 15 is 0 Å². The minimum absolute atomic E-state index is 0.246. The van der Waals surface area contributed by atoms with Crippen LogP contribution in [0.1, 0.15) is 23.2 Å². The number of hydrogen-bond acceptors (Lipinski definition) is 5. The number of rotatable bonds is 2. The van der Waals surface area contributed by atoms with Gasteiger partial charge in [0.1, 0.15) is 11.8 Å². The van der Waals surface area contributed by atoms with Crippen LogP contribution in [0.4, 0.5) is 0 Å². The standard InChI is InChI=1S/C9H10N2O4/c1-2-14-9(13)5-3-6-7(8(12)11-5)10-4-15-6/h4-5H,2-3H2,1H3,(H,11,12). The van der Waals surface area contributed by atoms with Crippen molar-refractivity contribution < 1.29 is 18.7 Å². The number of carbonyl (C=O) groups excluding carboxylic acids is 2. The molecule has 1 N–H and O–H groups in total. The summed E-state index contributed by atoms with van der Waals surface area (Å²) in [5, 5.41) is 2.51. The van der Waals surface area contributed by atoms with E-state index < -0.39 is 17.9 Å². The van der Waals surface area contributed by atoms with Gasteiger partial charge in [-0.2, -0.15) is 0 Å². The Kier molecular flexibility index (Phi) is 2.40. The quantitative estimate of drug-likeness (QED) is 0.689. The lowest BCUT2D eigenvalue weighted by Gasteiger charge is -2.19. The Morgan fingerprint density at radius 2 is 2.60 bits per heavy atom. The first-order chi connectivity index (χ1) is 7.22. The molecule has 0 saturated carbocycles. The molecule has 0 saturated heterocycles. The van der Waals surface area contributed by atoms with Crippen LogP contribution in [0.5, 0.6) is 0 Å². The van der Waals surface area contributed by atoms with E-state index in [1.807, 2.05) is 0 Å². The lowest BCUT2D eigenvalue weighted by Crippen LogP contribution is -2.47. The Bertz CT molecular complexity index is 399. The van der Waals surface area contributed by atoms with Crippen LogP contribution in [0.3, 0.4) is 0 Å². The summed E-state index contributed by atoms with van der Waals surface area (Å²) in [6.45, 7) is 2.00. The van der Waals surface area contributed by atoms with Crippen LogP contribution in [0.25, 0.3) is 0 Å². The Balaban J connectivity index is 2.16. The minimum atomic E-state index is -0.669. The maximum atomic E-state index is 11.4. The van der Waals surface area contributed by atoms with Crippen LogP contribution in [0.15, 0.2) is 10.8 Å². The number of nitrogens with one attached hydrogen (secondary N) is 1. The van der Waals surface area contributed by atoms with Gasteiger partial charge in [0.25, 0.3) is 5.91 Å². The second kappa shape index (κ2) is 3.72. The SMILES string of the molecule is CCOC(=O)C1Cc2ocnc2C(=O)N1. The summed E-state index contributed by atoms with van der Waals surface area (Å²) >= 11 is 0. The highest BCUT2D eigenvalue weighted by atomic mass is 16.5. The molecule has 0 bridgehead atoms. The van der Waals surface area contributed by atoms with E-state index in [1.165, 1.54) is 6.39 Å². The van der Waals surface area contributed by atoms with Crippen LogP contribution in [-0.4, -0.2) is 29.5 Å². The highest BCUT2D eigenvalue weighted by Gasteiger charge is 2.33. The second-order valence-electron chi connectivity index (χ2n) is 3.11. The molecule has 0 fully saturated rings. The summed E-state index contributed by atoms with van der Waals surface area (Å²) in [6, 6.07) is -0.669. The first-order valence-electron chi connectivity index (χ1n) is 4.62. The molecule has 80 valence electrons. The van der Waals surface area contributed by atoms with Gasteiger partial charge in [0.2, 0.25) is 0 Å². The van der Waals surface area contributed by atoms with Crippen molar-refractivity contribution in [2.24, 2.45) is 0 Å². The Hall–Kier alpha value is -1.85. The van der Waals surface area contributed by atoms with E-state index in [-0.39, 0.29) is 12.3 Å². The molecule has 6 nitrogen and oxygen atoms in total. The van der Waals surface area contributed by atoms with Crippen molar-refractivity contribution in [3.05, 3.63) is 17.8 Å². The van der Waals surface area contributed by atoms with Gasteiger partial charge in [-0.25, -0.2) is 9.78 Å². The van der Waals surface area contributed by atoms with Crippen molar-refractivity contribution in [1.82, 2.24) is 10.3 Å². The third-order valence-corrected chi connectivity index (χ3v) is 2.12. The average molecular weight is 210 g/mol. The van der Waals surface area contributed by atoms with E-state index in [0.717, 1.165) is 0 Å². The van der Waals surface area contributed by atoms with E-state index in [0.29, 0.717) is 12.2 Å². The van der Waals surface area contributed by atoms with E-state index in [9.17, 15) is 9.59 Å². The van der Waals surface area contributed by atoms with Gasteiger partial charge in [-0.15, -0.1) is 0 Å². The molecule has 1 atom stereocenters. The average Bonchev–Trinajstić information content (AvgIpc) is 2.66. The molecule has 0 aliphatic carbocycles. The lowest BCUT2D eigenvalue weighted by molar-refractivity contribution is -0.145. The smallest absolute Gasteiger partial charge is 0.329 e. The molecular weight excluding hydrogens is 200 g/mol. The number of esters is 1. The highest BCUT2D eigenvalue weighted by molar-refractivity contribution is 5.97. The van der Waals surface area contributed by atoms with E-state index in [2.05, 4.69) is 10.3 Å². The van der Waals surface area contributed by atoms with E-state index in [4.69, 9.17) is 9.15 Å². The molecule has 1 aromatic heterocycles. The predicted octanol–water partition coefficient (Wildman–Crippen LogP) is -0.108. The summed E-state index contributed by atoms with van der Waals surface area (Å²) in [6.07, 6.45) is 1.48. The van der Waals surface area contributed by atoms with Gasteiger partial charge < -0.3 is 14.5 Å². The van der Waals surface area contributed by atoms with Crippen molar-refractivity contribution in [1.29, 1.82) is 0 Å². The van der Waals surface area contributed by atoms with Crippen molar-refractivity contribution in [3.63, 3.8) is 0 Å².